The van der Waals surface area contributed by atoms with Crippen LogP contribution in [0.25, 0.3) is 33.8 Å². The Bertz CT molecular complexity index is 899. The van der Waals surface area contributed by atoms with E-state index in [2.05, 4.69) is 35.1 Å². The summed E-state index contributed by atoms with van der Waals surface area (Å²) in [5.74, 6) is 0.393. The van der Waals surface area contributed by atoms with Gasteiger partial charge in [-0.1, -0.05) is 6.92 Å². The lowest BCUT2D eigenvalue weighted by Crippen LogP contribution is -2.00. The van der Waals surface area contributed by atoms with Crippen molar-refractivity contribution in [2.75, 3.05) is 0 Å². The molecule has 3 aromatic rings. The predicted octanol–water partition coefficient (Wildman–Crippen LogP) is 3.65. The molecule has 4 bridgehead atoms. The van der Waals surface area contributed by atoms with E-state index in [1.54, 1.807) is 0 Å². The van der Waals surface area contributed by atoms with E-state index >= 15 is 0 Å². The van der Waals surface area contributed by atoms with E-state index in [-0.39, 0.29) is 0 Å². The summed E-state index contributed by atoms with van der Waals surface area (Å²) in [6.07, 6.45) is 4.65. The highest BCUT2D eigenvalue weighted by atomic mass is 14.8. The van der Waals surface area contributed by atoms with Gasteiger partial charge in [-0.25, -0.2) is 4.98 Å². The highest BCUT2D eigenvalue weighted by Gasteiger charge is 2.25. The Morgan fingerprint density at radius 2 is 1.90 bits per heavy atom. The van der Waals surface area contributed by atoms with Crippen LogP contribution in [0.2, 0.25) is 0 Å². The first kappa shape index (κ1) is 11.1. The van der Waals surface area contributed by atoms with Crippen LogP contribution >= 0.6 is 0 Å². The molecule has 2 aliphatic carbocycles. The van der Waals surface area contributed by atoms with Crippen LogP contribution in [0.5, 0.6) is 0 Å². The van der Waals surface area contributed by atoms with E-state index in [1.165, 1.54) is 11.1 Å². The number of aromatic nitrogens is 3. The van der Waals surface area contributed by atoms with Crippen molar-refractivity contribution in [1.82, 2.24) is 15.0 Å². The van der Waals surface area contributed by atoms with Crippen LogP contribution in [0.15, 0.2) is 36.7 Å². The molecule has 99 valence electrons. The highest BCUT2D eigenvalue weighted by Crippen LogP contribution is 2.41. The van der Waals surface area contributed by atoms with E-state index in [0.717, 1.165) is 40.3 Å². The first-order valence-electron chi connectivity index (χ1n) is 7.19. The third-order valence-corrected chi connectivity index (χ3v) is 4.38. The molecule has 3 heterocycles. The van der Waals surface area contributed by atoms with Gasteiger partial charge in [0.2, 0.25) is 0 Å². The summed E-state index contributed by atoms with van der Waals surface area (Å²) < 4.78 is 0. The standard InChI is InChI=1S/C18H12N3/c1-10-6-13-7-14-11-2-4-20-16(8-11)18(14)21-17(13)12-3-5-19-15(10)9-12/h2-5,8-10H,6H2,1H3. The molecule has 21 heavy (non-hydrogen) atoms. The molecule has 5 rings (SSSR count). The normalized spacial score (nSPS) is 17.1. The summed E-state index contributed by atoms with van der Waals surface area (Å²) >= 11 is 0. The zero-order chi connectivity index (χ0) is 14.0. The molecule has 3 nitrogen and oxygen atoms in total. The van der Waals surface area contributed by atoms with Crippen LogP contribution in [-0.4, -0.2) is 15.0 Å². The van der Waals surface area contributed by atoms with Crippen molar-refractivity contribution in [2.24, 2.45) is 0 Å². The van der Waals surface area contributed by atoms with Crippen molar-refractivity contribution in [3.8, 4) is 33.8 Å². The predicted molar refractivity (Wildman–Crippen MR) is 80.6 cm³/mol. The molecule has 1 radical (unpaired) electrons. The van der Waals surface area contributed by atoms with Gasteiger partial charge in [0.1, 0.15) is 0 Å². The molecule has 3 heteroatoms. The summed E-state index contributed by atoms with van der Waals surface area (Å²) in [5, 5.41) is 0. The molecule has 1 atom stereocenters. The molecule has 0 N–H and O–H groups in total. The summed E-state index contributed by atoms with van der Waals surface area (Å²) in [4.78, 5) is 13.8. The van der Waals surface area contributed by atoms with Crippen LogP contribution in [0.4, 0.5) is 0 Å². The average molecular weight is 270 g/mol. The fourth-order valence-electron chi connectivity index (χ4n) is 3.28. The third-order valence-electron chi connectivity index (χ3n) is 4.38. The summed E-state index contributed by atoms with van der Waals surface area (Å²) in [6.45, 7) is 2.21. The van der Waals surface area contributed by atoms with Gasteiger partial charge in [0.05, 0.1) is 17.1 Å². The molecule has 0 saturated carbocycles. The number of pyridine rings is 3. The molecule has 0 fully saturated rings. The minimum absolute atomic E-state index is 0.393. The number of fused-ring (bicyclic) bond motifs is 9. The molecule has 3 aromatic heterocycles. The van der Waals surface area contributed by atoms with Crippen molar-refractivity contribution >= 4 is 0 Å². The minimum Gasteiger partial charge on any atom is -0.261 e. The number of rotatable bonds is 0. The zero-order valence-corrected chi connectivity index (χ0v) is 11.6. The zero-order valence-electron chi connectivity index (χ0n) is 11.6. The molecular weight excluding hydrogens is 258 g/mol. The van der Waals surface area contributed by atoms with Gasteiger partial charge in [-0.2, -0.15) is 0 Å². The molecule has 1 unspecified atom stereocenters. The van der Waals surface area contributed by atoms with E-state index in [4.69, 9.17) is 4.98 Å². The SMILES string of the molecule is CC1Cc2[c]c3c(nc2-c2ccnc1c2)-c1cc-3ccn1. The largest absolute Gasteiger partial charge is 0.261 e. The lowest BCUT2D eigenvalue weighted by atomic mass is 9.97. The van der Waals surface area contributed by atoms with Gasteiger partial charge in [-0.15, -0.1) is 0 Å². The van der Waals surface area contributed by atoms with Crippen LogP contribution in [0.1, 0.15) is 24.1 Å². The lowest BCUT2D eigenvalue weighted by molar-refractivity contribution is 0.736. The molecule has 2 aliphatic rings. The maximum absolute atomic E-state index is 4.92. The van der Waals surface area contributed by atoms with Gasteiger partial charge >= 0.3 is 0 Å². The highest BCUT2D eigenvalue weighted by molar-refractivity contribution is 5.89. The maximum Gasteiger partial charge on any atom is 0.0978 e. The van der Waals surface area contributed by atoms with Crippen LogP contribution < -0.4 is 0 Å². The van der Waals surface area contributed by atoms with Crippen LogP contribution in [0.3, 0.4) is 0 Å². The summed E-state index contributed by atoms with van der Waals surface area (Å²) in [7, 11) is 0. The Hall–Kier alpha value is -2.55. The Morgan fingerprint density at radius 1 is 1.05 bits per heavy atom. The second-order valence-electron chi connectivity index (χ2n) is 5.79. The van der Waals surface area contributed by atoms with Crippen molar-refractivity contribution in [3.63, 3.8) is 0 Å². The average Bonchev–Trinajstić information content (AvgIpc) is 2.71. The van der Waals surface area contributed by atoms with E-state index in [9.17, 15) is 0 Å². The number of hydrogen-bond acceptors (Lipinski definition) is 3. The van der Waals surface area contributed by atoms with Gasteiger partial charge < -0.3 is 0 Å². The van der Waals surface area contributed by atoms with Crippen molar-refractivity contribution in [2.45, 2.75) is 19.3 Å². The molecular formula is C18H12N3. The van der Waals surface area contributed by atoms with Gasteiger partial charge in [-0.3, -0.25) is 9.97 Å². The van der Waals surface area contributed by atoms with Gasteiger partial charge in [0.15, 0.2) is 0 Å². The molecule has 0 amide bonds. The van der Waals surface area contributed by atoms with E-state index < -0.39 is 0 Å². The van der Waals surface area contributed by atoms with Crippen molar-refractivity contribution in [1.29, 1.82) is 0 Å². The van der Waals surface area contributed by atoms with E-state index in [1.807, 2.05) is 24.5 Å². The fourth-order valence-corrected chi connectivity index (χ4v) is 3.28. The van der Waals surface area contributed by atoms with Gasteiger partial charge in [0, 0.05) is 35.1 Å². The molecule has 0 aromatic carbocycles. The van der Waals surface area contributed by atoms with Crippen LogP contribution in [0, 0.1) is 6.07 Å². The Morgan fingerprint density at radius 3 is 2.86 bits per heavy atom. The summed E-state index contributed by atoms with van der Waals surface area (Å²) in [5.41, 5.74) is 8.67. The van der Waals surface area contributed by atoms with Gasteiger partial charge in [-0.05, 0) is 47.9 Å². The fraction of sp³-hybridized carbons (Fsp3) is 0.167. The number of hydrogen-bond donors (Lipinski definition) is 0. The lowest BCUT2D eigenvalue weighted by Gasteiger charge is -2.10. The topological polar surface area (TPSA) is 38.7 Å². The van der Waals surface area contributed by atoms with Crippen molar-refractivity contribution in [3.05, 3.63) is 54.0 Å². The Kier molecular flexibility index (Phi) is 1.99. The smallest absolute Gasteiger partial charge is 0.0978 e. The number of nitrogens with zero attached hydrogens (tertiary/aromatic N) is 3. The van der Waals surface area contributed by atoms with Crippen molar-refractivity contribution < 1.29 is 0 Å². The quantitative estimate of drug-likeness (QED) is 0.489. The molecule has 0 aliphatic heterocycles. The Balaban J connectivity index is 1.82. The maximum atomic E-state index is 4.92. The Labute approximate surface area is 122 Å². The first-order valence-corrected chi connectivity index (χ1v) is 7.19. The second-order valence-corrected chi connectivity index (χ2v) is 5.79. The monoisotopic (exact) mass is 270 g/mol. The van der Waals surface area contributed by atoms with Crippen LogP contribution in [-0.2, 0) is 6.42 Å². The minimum atomic E-state index is 0.393. The first-order chi connectivity index (χ1) is 10.3. The van der Waals surface area contributed by atoms with Gasteiger partial charge in [0.25, 0.3) is 0 Å². The van der Waals surface area contributed by atoms with E-state index in [0.29, 0.717) is 5.92 Å². The molecule has 0 spiro atoms. The third kappa shape index (κ3) is 1.46. The summed E-state index contributed by atoms with van der Waals surface area (Å²) in [6, 6.07) is 11.9. The molecule has 0 saturated heterocycles. The second kappa shape index (κ2) is 3.76.